The lowest BCUT2D eigenvalue weighted by Crippen LogP contribution is -2.23. The van der Waals surface area contributed by atoms with Crippen molar-refractivity contribution in [2.24, 2.45) is 0 Å². The van der Waals surface area contributed by atoms with Gasteiger partial charge in [-0.2, -0.15) is 5.10 Å². The zero-order chi connectivity index (χ0) is 18.3. The van der Waals surface area contributed by atoms with Crippen LogP contribution in [0.3, 0.4) is 0 Å². The molecule has 0 unspecified atom stereocenters. The summed E-state index contributed by atoms with van der Waals surface area (Å²) in [6.45, 7) is 7.47. The van der Waals surface area contributed by atoms with Gasteiger partial charge in [-0.1, -0.05) is 12.1 Å². The molecule has 1 aromatic carbocycles. The Bertz CT molecular complexity index is 932. The first-order chi connectivity index (χ1) is 12.5. The molecule has 0 bridgehead atoms. The highest BCUT2D eigenvalue weighted by atomic mass is 16.3. The standard InChI is InChI=1S/C20H23N5O/c1-13-10-14(2)25(23-13)17-6-4-16(5-7-17)19-11-21-20(22-15(19)3)24-9-8-18(26)12-24/h4-7,10-11,18,26H,8-9,12H2,1-3H3/t18-/m1/s1. The number of β-amino-alcohol motifs (C(OH)–C–C–N with tert-alkyl or cyclic N) is 1. The molecule has 6 heteroatoms. The molecule has 0 saturated carbocycles. The molecule has 0 radical (unpaired) electrons. The molecule has 3 heterocycles. The van der Waals surface area contributed by atoms with Crippen LogP contribution in [0.5, 0.6) is 0 Å². The van der Waals surface area contributed by atoms with Crippen LogP contribution in [0, 0.1) is 20.8 Å². The number of aryl methyl sites for hydroxylation is 3. The number of rotatable bonds is 3. The molecule has 4 rings (SSSR count). The Hall–Kier alpha value is -2.73. The number of hydrogen-bond acceptors (Lipinski definition) is 5. The summed E-state index contributed by atoms with van der Waals surface area (Å²) in [4.78, 5) is 11.2. The first kappa shape index (κ1) is 16.7. The lowest BCUT2D eigenvalue weighted by molar-refractivity contribution is 0.198. The number of anilines is 1. The Balaban J connectivity index is 1.60. The van der Waals surface area contributed by atoms with Crippen molar-refractivity contribution in [3.63, 3.8) is 0 Å². The summed E-state index contributed by atoms with van der Waals surface area (Å²) in [5.74, 6) is 0.696. The Morgan fingerprint density at radius 1 is 1.12 bits per heavy atom. The highest BCUT2D eigenvalue weighted by Crippen LogP contribution is 2.25. The van der Waals surface area contributed by atoms with Crippen molar-refractivity contribution < 1.29 is 5.11 Å². The van der Waals surface area contributed by atoms with Crippen LogP contribution in [0.25, 0.3) is 16.8 Å². The number of hydrogen-bond donors (Lipinski definition) is 1. The third kappa shape index (κ3) is 3.08. The van der Waals surface area contributed by atoms with E-state index in [1.54, 1.807) is 0 Å². The highest BCUT2D eigenvalue weighted by Gasteiger charge is 2.22. The van der Waals surface area contributed by atoms with E-state index in [1.807, 2.05) is 29.6 Å². The number of nitrogens with zero attached hydrogens (tertiary/aromatic N) is 5. The third-order valence-electron chi connectivity index (χ3n) is 4.85. The van der Waals surface area contributed by atoms with Gasteiger partial charge in [0.15, 0.2) is 0 Å². The summed E-state index contributed by atoms with van der Waals surface area (Å²) in [6, 6.07) is 10.4. The molecule has 0 spiro atoms. The Morgan fingerprint density at radius 3 is 2.46 bits per heavy atom. The maximum Gasteiger partial charge on any atom is 0.225 e. The monoisotopic (exact) mass is 349 g/mol. The molecule has 134 valence electrons. The van der Waals surface area contributed by atoms with Crippen LogP contribution in [-0.4, -0.2) is 44.0 Å². The van der Waals surface area contributed by atoms with Crippen LogP contribution in [0.1, 0.15) is 23.5 Å². The molecule has 0 amide bonds. The zero-order valence-corrected chi connectivity index (χ0v) is 15.3. The van der Waals surface area contributed by atoms with Crippen molar-refractivity contribution in [1.82, 2.24) is 19.7 Å². The average molecular weight is 349 g/mol. The van der Waals surface area contributed by atoms with E-state index in [9.17, 15) is 5.11 Å². The van der Waals surface area contributed by atoms with E-state index in [2.05, 4.69) is 52.3 Å². The summed E-state index contributed by atoms with van der Waals surface area (Å²) < 4.78 is 1.95. The van der Waals surface area contributed by atoms with Gasteiger partial charge in [0.2, 0.25) is 5.95 Å². The SMILES string of the molecule is Cc1cc(C)n(-c2ccc(-c3cnc(N4CC[C@@H](O)C4)nc3C)cc2)n1. The summed E-state index contributed by atoms with van der Waals surface area (Å²) >= 11 is 0. The first-order valence-corrected chi connectivity index (χ1v) is 8.92. The maximum absolute atomic E-state index is 9.70. The minimum Gasteiger partial charge on any atom is -0.391 e. The van der Waals surface area contributed by atoms with E-state index in [0.29, 0.717) is 12.5 Å². The fraction of sp³-hybridized carbons (Fsp3) is 0.350. The lowest BCUT2D eigenvalue weighted by Gasteiger charge is -2.16. The molecule has 2 aromatic heterocycles. The molecule has 1 N–H and O–H groups in total. The maximum atomic E-state index is 9.70. The zero-order valence-electron chi connectivity index (χ0n) is 15.3. The van der Waals surface area contributed by atoms with Crippen molar-refractivity contribution in [3.05, 3.63) is 53.6 Å². The number of aromatic nitrogens is 4. The summed E-state index contributed by atoms with van der Waals surface area (Å²) in [7, 11) is 0. The predicted molar refractivity (Wildman–Crippen MR) is 102 cm³/mol. The van der Waals surface area contributed by atoms with Crippen LogP contribution in [0.4, 0.5) is 5.95 Å². The molecular weight excluding hydrogens is 326 g/mol. The van der Waals surface area contributed by atoms with Crippen LogP contribution in [0.2, 0.25) is 0 Å². The van der Waals surface area contributed by atoms with Crippen molar-refractivity contribution in [1.29, 1.82) is 0 Å². The van der Waals surface area contributed by atoms with Crippen molar-refractivity contribution in [2.45, 2.75) is 33.3 Å². The second-order valence-electron chi connectivity index (χ2n) is 6.94. The quantitative estimate of drug-likeness (QED) is 0.787. The Morgan fingerprint density at radius 2 is 1.88 bits per heavy atom. The van der Waals surface area contributed by atoms with Gasteiger partial charge in [0.05, 0.1) is 23.2 Å². The molecule has 0 aliphatic carbocycles. The number of aliphatic hydroxyl groups excluding tert-OH is 1. The van der Waals surface area contributed by atoms with Gasteiger partial charge in [-0.15, -0.1) is 0 Å². The highest BCUT2D eigenvalue weighted by molar-refractivity contribution is 5.66. The molecule has 1 saturated heterocycles. The number of benzene rings is 1. The lowest BCUT2D eigenvalue weighted by atomic mass is 10.1. The topological polar surface area (TPSA) is 67.1 Å². The summed E-state index contributed by atoms with van der Waals surface area (Å²) in [5.41, 5.74) is 6.22. The van der Waals surface area contributed by atoms with Crippen molar-refractivity contribution in [3.8, 4) is 16.8 Å². The second kappa shape index (κ2) is 6.53. The molecular formula is C20H23N5O. The van der Waals surface area contributed by atoms with E-state index in [-0.39, 0.29) is 6.10 Å². The van der Waals surface area contributed by atoms with Gasteiger partial charge in [0.25, 0.3) is 0 Å². The molecule has 1 atom stereocenters. The van der Waals surface area contributed by atoms with Crippen LogP contribution >= 0.6 is 0 Å². The Kier molecular flexibility index (Phi) is 4.20. The van der Waals surface area contributed by atoms with Gasteiger partial charge < -0.3 is 10.0 Å². The average Bonchev–Trinajstić information content (AvgIpc) is 3.20. The van der Waals surface area contributed by atoms with Gasteiger partial charge in [-0.25, -0.2) is 14.6 Å². The van der Waals surface area contributed by atoms with Crippen molar-refractivity contribution >= 4 is 5.95 Å². The second-order valence-corrected chi connectivity index (χ2v) is 6.94. The Labute approximate surface area is 153 Å². The van der Waals surface area contributed by atoms with Gasteiger partial charge in [0, 0.05) is 30.5 Å². The molecule has 1 aliphatic rings. The van der Waals surface area contributed by atoms with E-state index in [1.165, 1.54) is 0 Å². The smallest absolute Gasteiger partial charge is 0.225 e. The number of aliphatic hydroxyl groups is 1. The largest absolute Gasteiger partial charge is 0.391 e. The van der Waals surface area contributed by atoms with Gasteiger partial charge in [0.1, 0.15) is 0 Å². The van der Waals surface area contributed by atoms with Crippen LogP contribution in [-0.2, 0) is 0 Å². The fourth-order valence-corrected chi connectivity index (χ4v) is 3.49. The molecule has 26 heavy (non-hydrogen) atoms. The third-order valence-corrected chi connectivity index (χ3v) is 4.85. The summed E-state index contributed by atoms with van der Waals surface area (Å²) in [5, 5.41) is 14.2. The van der Waals surface area contributed by atoms with Gasteiger partial charge >= 0.3 is 0 Å². The van der Waals surface area contributed by atoms with Gasteiger partial charge in [-0.05, 0) is 51.0 Å². The minimum atomic E-state index is -0.277. The molecule has 1 fully saturated rings. The van der Waals surface area contributed by atoms with E-state index >= 15 is 0 Å². The molecule has 6 nitrogen and oxygen atoms in total. The molecule has 3 aromatic rings. The van der Waals surface area contributed by atoms with Crippen LogP contribution in [0.15, 0.2) is 36.5 Å². The van der Waals surface area contributed by atoms with Crippen molar-refractivity contribution in [2.75, 3.05) is 18.0 Å². The predicted octanol–water partition coefficient (Wildman–Crippen LogP) is 2.83. The molecule has 1 aliphatic heterocycles. The minimum absolute atomic E-state index is 0.277. The van der Waals surface area contributed by atoms with Crippen LogP contribution < -0.4 is 4.90 Å². The normalized spacial score (nSPS) is 17.1. The first-order valence-electron chi connectivity index (χ1n) is 8.92. The fourth-order valence-electron chi connectivity index (χ4n) is 3.49. The van der Waals surface area contributed by atoms with Gasteiger partial charge in [-0.3, -0.25) is 0 Å². The van der Waals surface area contributed by atoms with E-state index < -0.39 is 0 Å². The van der Waals surface area contributed by atoms with E-state index in [4.69, 9.17) is 0 Å². The van der Waals surface area contributed by atoms with E-state index in [0.717, 1.165) is 46.9 Å². The summed E-state index contributed by atoms with van der Waals surface area (Å²) in [6.07, 6.45) is 2.37.